The molecular formula is C19H22ClN5O4S. The molecule has 1 amide bonds. The fraction of sp³-hybridized carbons (Fsp3) is 0.368. The van der Waals surface area contributed by atoms with Crippen LogP contribution in [0.4, 0.5) is 5.69 Å². The van der Waals surface area contributed by atoms with Crippen LogP contribution in [-0.4, -0.2) is 37.5 Å². The number of aromatic nitrogens is 4. The van der Waals surface area contributed by atoms with Crippen molar-refractivity contribution in [2.75, 3.05) is 18.2 Å². The van der Waals surface area contributed by atoms with Crippen molar-refractivity contribution in [1.82, 2.24) is 18.7 Å². The molecule has 0 saturated carbocycles. The first kappa shape index (κ1) is 22.0. The van der Waals surface area contributed by atoms with E-state index in [1.165, 1.54) is 30.5 Å². The zero-order valence-electron chi connectivity index (χ0n) is 17.1. The molecule has 11 heteroatoms. The van der Waals surface area contributed by atoms with Crippen LogP contribution in [0.3, 0.4) is 0 Å². The molecule has 0 radical (unpaired) electrons. The zero-order valence-corrected chi connectivity index (χ0v) is 18.6. The van der Waals surface area contributed by atoms with Gasteiger partial charge in [-0.2, -0.15) is 0 Å². The molecule has 3 aromatic rings. The van der Waals surface area contributed by atoms with Gasteiger partial charge in [-0.3, -0.25) is 18.7 Å². The highest BCUT2D eigenvalue weighted by Crippen LogP contribution is 2.27. The van der Waals surface area contributed by atoms with Gasteiger partial charge in [0, 0.05) is 38.5 Å². The monoisotopic (exact) mass is 451 g/mol. The summed E-state index contributed by atoms with van der Waals surface area (Å²) in [6.45, 7) is 2.45. The molecule has 0 fully saturated rings. The van der Waals surface area contributed by atoms with E-state index in [0.717, 1.165) is 4.57 Å². The van der Waals surface area contributed by atoms with E-state index in [1.54, 1.807) is 25.2 Å². The van der Waals surface area contributed by atoms with E-state index in [1.807, 2.05) is 11.5 Å². The van der Waals surface area contributed by atoms with Crippen molar-refractivity contribution >= 4 is 46.1 Å². The summed E-state index contributed by atoms with van der Waals surface area (Å²) in [4.78, 5) is 41.3. The maximum Gasteiger partial charge on any atom is 0.332 e. The second-order valence-corrected chi connectivity index (χ2v) is 7.98. The van der Waals surface area contributed by atoms with Crippen molar-refractivity contribution < 1.29 is 9.53 Å². The number of benzene rings is 1. The predicted molar refractivity (Wildman–Crippen MR) is 118 cm³/mol. The second kappa shape index (κ2) is 8.97. The number of anilines is 1. The van der Waals surface area contributed by atoms with E-state index in [4.69, 9.17) is 16.3 Å². The molecule has 1 N–H and O–H groups in total. The summed E-state index contributed by atoms with van der Waals surface area (Å²) in [6, 6.07) is 5.02. The van der Waals surface area contributed by atoms with Crippen LogP contribution in [0.2, 0.25) is 5.02 Å². The number of nitrogens with zero attached hydrogens (tertiary/aromatic N) is 4. The van der Waals surface area contributed by atoms with Gasteiger partial charge in [-0.05, 0) is 25.1 Å². The summed E-state index contributed by atoms with van der Waals surface area (Å²) < 4.78 is 9.36. The number of methoxy groups -OCH3 is 1. The van der Waals surface area contributed by atoms with Crippen LogP contribution < -0.4 is 21.3 Å². The van der Waals surface area contributed by atoms with Crippen LogP contribution in [-0.2, 0) is 25.4 Å². The summed E-state index contributed by atoms with van der Waals surface area (Å²) in [6.07, 6.45) is 0.234. The molecule has 9 nitrogen and oxygen atoms in total. The largest absolute Gasteiger partial charge is 0.495 e. The highest BCUT2D eigenvalue weighted by molar-refractivity contribution is 7.99. The van der Waals surface area contributed by atoms with E-state index in [-0.39, 0.29) is 17.8 Å². The minimum atomic E-state index is -0.434. The summed E-state index contributed by atoms with van der Waals surface area (Å²) in [7, 11) is 4.56. The van der Waals surface area contributed by atoms with Crippen molar-refractivity contribution in [3.8, 4) is 5.75 Å². The Kier molecular flexibility index (Phi) is 6.57. The molecule has 0 aliphatic rings. The fourth-order valence-corrected chi connectivity index (χ4v) is 4.32. The number of nitrogens with one attached hydrogen (secondary N) is 1. The molecule has 3 rings (SSSR count). The van der Waals surface area contributed by atoms with Crippen LogP contribution in [0.1, 0.15) is 13.3 Å². The molecule has 0 atom stereocenters. The van der Waals surface area contributed by atoms with Gasteiger partial charge in [0.25, 0.3) is 5.56 Å². The number of carbonyl (C=O) groups excluding carboxylic acids is 1. The maximum atomic E-state index is 12.4. The Labute approximate surface area is 181 Å². The smallest absolute Gasteiger partial charge is 0.332 e. The first-order chi connectivity index (χ1) is 14.3. The summed E-state index contributed by atoms with van der Waals surface area (Å²) in [5.74, 6) is 0.809. The van der Waals surface area contributed by atoms with Crippen LogP contribution in [0.5, 0.6) is 5.75 Å². The van der Waals surface area contributed by atoms with Gasteiger partial charge in [-0.15, -0.1) is 0 Å². The van der Waals surface area contributed by atoms with Crippen LogP contribution >= 0.6 is 23.4 Å². The lowest BCUT2D eigenvalue weighted by atomic mass is 10.3. The summed E-state index contributed by atoms with van der Waals surface area (Å²) in [5, 5.41) is 3.79. The molecule has 160 valence electrons. The third kappa shape index (κ3) is 4.10. The normalized spacial score (nSPS) is 11.1. The van der Waals surface area contributed by atoms with E-state index in [9.17, 15) is 14.4 Å². The standard InChI is InChI=1S/C19H22ClN5O4S/c1-5-25-16-15(17(27)24(3)19(28)23(16)2)22-18(25)30-9-8-14(26)21-11-6-7-13(29-4)12(20)10-11/h6-7,10H,5,8-9H2,1-4H3,(H,21,26). The first-order valence-electron chi connectivity index (χ1n) is 9.20. The van der Waals surface area contributed by atoms with E-state index in [0.29, 0.717) is 39.6 Å². The van der Waals surface area contributed by atoms with Gasteiger partial charge in [-0.25, -0.2) is 9.78 Å². The third-order valence-corrected chi connectivity index (χ3v) is 5.89. The molecule has 2 heterocycles. The van der Waals surface area contributed by atoms with E-state index < -0.39 is 11.2 Å². The van der Waals surface area contributed by atoms with Crippen LogP contribution in [0.25, 0.3) is 11.2 Å². The Morgan fingerprint density at radius 3 is 2.63 bits per heavy atom. The minimum Gasteiger partial charge on any atom is -0.495 e. The number of halogens is 1. The van der Waals surface area contributed by atoms with Gasteiger partial charge in [0.05, 0.1) is 12.1 Å². The minimum absolute atomic E-state index is 0.175. The number of fused-ring (bicyclic) bond motifs is 1. The molecule has 0 bridgehead atoms. The Morgan fingerprint density at radius 2 is 2.00 bits per heavy atom. The molecule has 1 aromatic carbocycles. The molecule has 2 aromatic heterocycles. The topological polar surface area (TPSA) is 100 Å². The van der Waals surface area contributed by atoms with Gasteiger partial charge < -0.3 is 14.6 Å². The molecule has 0 unspecified atom stereocenters. The lowest BCUT2D eigenvalue weighted by Crippen LogP contribution is -2.37. The van der Waals surface area contributed by atoms with E-state index in [2.05, 4.69) is 10.3 Å². The third-order valence-electron chi connectivity index (χ3n) is 4.62. The fourth-order valence-electron chi connectivity index (χ4n) is 3.07. The van der Waals surface area contributed by atoms with Gasteiger partial charge in [0.1, 0.15) is 5.75 Å². The number of amides is 1. The average molecular weight is 452 g/mol. The van der Waals surface area contributed by atoms with Crippen molar-refractivity contribution in [1.29, 1.82) is 0 Å². The lowest BCUT2D eigenvalue weighted by Gasteiger charge is -2.09. The van der Waals surface area contributed by atoms with Gasteiger partial charge in [0.15, 0.2) is 16.3 Å². The number of carbonyl (C=O) groups is 1. The highest BCUT2D eigenvalue weighted by Gasteiger charge is 2.18. The Bertz CT molecular complexity index is 1230. The Hall–Kier alpha value is -2.72. The number of aryl methyl sites for hydroxylation is 2. The average Bonchev–Trinajstić information content (AvgIpc) is 3.09. The van der Waals surface area contributed by atoms with Gasteiger partial charge >= 0.3 is 5.69 Å². The van der Waals surface area contributed by atoms with Crippen molar-refractivity contribution in [3.05, 3.63) is 44.1 Å². The summed E-state index contributed by atoms with van der Waals surface area (Å²) >= 11 is 7.43. The molecule has 0 spiro atoms. The molecular weight excluding hydrogens is 430 g/mol. The van der Waals surface area contributed by atoms with Gasteiger partial charge in [0.2, 0.25) is 5.91 Å². The molecule has 0 aliphatic carbocycles. The lowest BCUT2D eigenvalue weighted by molar-refractivity contribution is -0.115. The van der Waals surface area contributed by atoms with Crippen LogP contribution in [0.15, 0.2) is 32.9 Å². The van der Waals surface area contributed by atoms with Gasteiger partial charge in [-0.1, -0.05) is 23.4 Å². The number of hydrogen-bond donors (Lipinski definition) is 1. The number of imidazole rings is 1. The highest BCUT2D eigenvalue weighted by atomic mass is 35.5. The second-order valence-electron chi connectivity index (χ2n) is 6.51. The van der Waals surface area contributed by atoms with Crippen LogP contribution in [0, 0.1) is 0 Å². The number of rotatable bonds is 7. The number of hydrogen-bond acceptors (Lipinski definition) is 6. The Morgan fingerprint density at radius 1 is 1.27 bits per heavy atom. The number of thioether (sulfide) groups is 1. The summed E-state index contributed by atoms with van der Waals surface area (Å²) in [5.41, 5.74) is 0.453. The predicted octanol–water partition coefficient (Wildman–Crippen LogP) is 2.24. The van der Waals surface area contributed by atoms with Crippen molar-refractivity contribution in [2.45, 2.75) is 25.0 Å². The SMILES string of the molecule is CCn1c(SCCC(=O)Nc2ccc(OC)c(Cl)c2)nc2c(=O)n(C)c(=O)n(C)c21. The quantitative estimate of drug-likeness (QED) is 0.553. The van der Waals surface area contributed by atoms with Crippen molar-refractivity contribution in [3.63, 3.8) is 0 Å². The zero-order chi connectivity index (χ0) is 22.0. The van der Waals surface area contributed by atoms with E-state index >= 15 is 0 Å². The molecule has 30 heavy (non-hydrogen) atoms. The van der Waals surface area contributed by atoms with Crippen molar-refractivity contribution in [2.24, 2.45) is 14.1 Å². The Balaban J connectivity index is 1.73. The molecule has 0 saturated heterocycles. The maximum absolute atomic E-state index is 12.4. The first-order valence-corrected chi connectivity index (χ1v) is 10.6. The molecule has 0 aliphatic heterocycles. The number of ether oxygens (including phenoxy) is 1.